The molecule has 1 heterocycles. The van der Waals surface area contributed by atoms with E-state index < -0.39 is 0 Å². The largest absolute Gasteiger partial charge is 0.385 e. The highest BCUT2D eigenvalue weighted by molar-refractivity contribution is 4.75. The van der Waals surface area contributed by atoms with Gasteiger partial charge in [0, 0.05) is 19.8 Å². The topological polar surface area (TPSA) is 12.5 Å². The Morgan fingerprint density at radius 1 is 1.55 bits per heavy atom. The molecule has 1 saturated heterocycles. The van der Waals surface area contributed by atoms with Crippen LogP contribution in [0.1, 0.15) is 25.7 Å². The van der Waals surface area contributed by atoms with Crippen LogP contribution in [0.2, 0.25) is 0 Å². The van der Waals surface area contributed by atoms with E-state index in [1.54, 1.807) is 7.11 Å². The summed E-state index contributed by atoms with van der Waals surface area (Å²) in [5.74, 6) is 0. The summed E-state index contributed by atoms with van der Waals surface area (Å²) in [6, 6.07) is 0.838. The minimum absolute atomic E-state index is 0.838. The molecule has 1 aliphatic heterocycles. The number of hydrogen-bond donors (Lipinski definition) is 0. The predicted molar refractivity (Wildman–Crippen MR) is 46.8 cm³/mol. The highest BCUT2D eigenvalue weighted by Gasteiger charge is 2.19. The highest BCUT2D eigenvalue weighted by Crippen LogP contribution is 2.18. The number of nitrogens with zero attached hydrogens (tertiary/aromatic N) is 1. The molecule has 1 rings (SSSR count). The van der Waals surface area contributed by atoms with E-state index in [9.17, 15) is 0 Å². The van der Waals surface area contributed by atoms with Crippen molar-refractivity contribution in [2.24, 2.45) is 0 Å². The summed E-state index contributed by atoms with van der Waals surface area (Å²) in [7, 11) is 4.00. The molecular weight excluding hydrogens is 138 g/mol. The van der Waals surface area contributed by atoms with Crippen LogP contribution in [-0.4, -0.2) is 38.3 Å². The molecule has 0 spiro atoms. The molecule has 2 heteroatoms. The molecule has 0 bridgehead atoms. The predicted octanol–water partition coefficient (Wildman–Crippen LogP) is 1.51. The minimum Gasteiger partial charge on any atom is -0.385 e. The van der Waals surface area contributed by atoms with Gasteiger partial charge in [0.1, 0.15) is 0 Å². The smallest absolute Gasteiger partial charge is 0.0462 e. The van der Waals surface area contributed by atoms with Gasteiger partial charge in [-0.3, -0.25) is 0 Å². The fourth-order valence-electron chi connectivity index (χ4n) is 1.81. The molecule has 0 saturated carbocycles. The summed E-state index contributed by atoms with van der Waals surface area (Å²) in [5.41, 5.74) is 0. The highest BCUT2D eigenvalue weighted by atomic mass is 16.5. The zero-order valence-corrected chi connectivity index (χ0v) is 7.68. The standard InChI is InChI=1S/C9H19NO/c1-10-7-3-5-9(10)6-4-8-11-2/h9H,3-8H2,1-2H3/t9-/m0/s1. The van der Waals surface area contributed by atoms with Gasteiger partial charge in [-0.1, -0.05) is 0 Å². The van der Waals surface area contributed by atoms with Crippen molar-refractivity contribution in [2.75, 3.05) is 27.3 Å². The van der Waals surface area contributed by atoms with Crippen LogP contribution in [0.25, 0.3) is 0 Å². The van der Waals surface area contributed by atoms with Gasteiger partial charge in [0.05, 0.1) is 0 Å². The molecule has 1 aliphatic rings. The zero-order valence-electron chi connectivity index (χ0n) is 7.68. The fourth-order valence-corrected chi connectivity index (χ4v) is 1.81. The molecule has 0 N–H and O–H groups in total. The first-order valence-corrected chi connectivity index (χ1v) is 4.54. The number of hydrogen-bond acceptors (Lipinski definition) is 2. The molecule has 0 aromatic heterocycles. The van der Waals surface area contributed by atoms with E-state index in [0.29, 0.717) is 0 Å². The molecule has 0 amide bonds. The van der Waals surface area contributed by atoms with Gasteiger partial charge in [0.25, 0.3) is 0 Å². The molecule has 66 valence electrons. The monoisotopic (exact) mass is 157 g/mol. The Morgan fingerprint density at radius 3 is 2.91 bits per heavy atom. The average molecular weight is 157 g/mol. The molecule has 0 aromatic rings. The Morgan fingerprint density at radius 2 is 2.36 bits per heavy atom. The maximum absolute atomic E-state index is 5.02. The number of methoxy groups -OCH3 is 1. The maximum atomic E-state index is 5.02. The quantitative estimate of drug-likeness (QED) is 0.573. The van der Waals surface area contributed by atoms with Crippen molar-refractivity contribution in [1.29, 1.82) is 0 Å². The third-order valence-electron chi connectivity index (χ3n) is 2.56. The van der Waals surface area contributed by atoms with Crippen LogP contribution >= 0.6 is 0 Å². The lowest BCUT2D eigenvalue weighted by Gasteiger charge is -2.18. The van der Waals surface area contributed by atoms with E-state index >= 15 is 0 Å². The van der Waals surface area contributed by atoms with Crippen molar-refractivity contribution >= 4 is 0 Å². The number of ether oxygens (including phenoxy) is 1. The SMILES string of the molecule is COCCC[C@@H]1CCCN1C. The summed E-state index contributed by atoms with van der Waals surface area (Å²) in [6.07, 6.45) is 5.30. The lowest BCUT2D eigenvalue weighted by molar-refractivity contribution is 0.180. The van der Waals surface area contributed by atoms with Gasteiger partial charge < -0.3 is 9.64 Å². The second-order valence-corrected chi connectivity index (χ2v) is 3.41. The molecule has 1 fully saturated rings. The molecule has 2 nitrogen and oxygen atoms in total. The lowest BCUT2D eigenvalue weighted by Crippen LogP contribution is -2.24. The summed E-state index contributed by atoms with van der Waals surface area (Å²) >= 11 is 0. The third kappa shape index (κ3) is 2.80. The third-order valence-corrected chi connectivity index (χ3v) is 2.56. The first-order valence-electron chi connectivity index (χ1n) is 4.54. The number of likely N-dealkylation sites (tertiary alicyclic amines) is 1. The second kappa shape index (κ2) is 4.73. The Bertz CT molecular complexity index is 106. The van der Waals surface area contributed by atoms with Gasteiger partial charge in [0.15, 0.2) is 0 Å². The first-order chi connectivity index (χ1) is 5.34. The van der Waals surface area contributed by atoms with Gasteiger partial charge >= 0.3 is 0 Å². The van der Waals surface area contributed by atoms with Crippen LogP contribution < -0.4 is 0 Å². The van der Waals surface area contributed by atoms with Gasteiger partial charge in [-0.25, -0.2) is 0 Å². The van der Waals surface area contributed by atoms with Crippen LogP contribution in [0.5, 0.6) is 0 Å². The van der Waals surface area contributed by atoms with Crippen molar-refractivity contribution in [2.45, 2.75) is 31.7 Å². The molecular formula is C9H19NO. The molecule has 1 atom stereocenters. The summed E-state index contributed by atoms with van der Waals surface area (Å²) in [4.78, 5) is 2.47. The van der Waals surface area contributed by atoms with Crippen LogP contribution in [0.4, 0.5) is 0 Å². The van der Waals surface area contributed by atoms with Crippen LogP contribution in [-0.2, 0) is 4.74 Å². The van der Waals surface area contributed by atoms with Crippen molar-refractivity contribution in [1.82, 2.24) is 4.90 Å². The normalized spacial score (nSPS) is 26.2. The first kappa shape index (κ1) is 9.01. The Hall–Kier alpha value is -0.0800. The minimum atomic E-state index is 0.838. The number of rotatable bonds is 4. The van der Waals surface area contributed by atoms with E-state index in [1.165, 1.54) is 32.2 Å². The van der Waals surface area contributed by atoms with E-state index in [1.807, 2.05) is 0 Å². The van der Waals surface area contributed by atoms with Crippen molar-refractivity contribution in [3.63, 3.8) is 0 Å². The summed E-state index contributed by atoms with van der Waals surface area (Å²) < 4.78 is 5.02. The summed E-state index contributed by atoms with van der Waals surface area (Å²) in [6.45, 7) is 2.21. The van der Waals surface area contributed by atoms with Gasteiger partial charge in [0.2, 0.25) is 0 Å². The van der Waals surface area contributed by atoms with Crippen LogP contribution in [0, 0.1) is 0 Å². The van der Waals surface area contributed by atoms with E-state index in [2.05, 4.69) is 11.9 Å². The molecule has 0 aliphatic carbocycles. The fraction of sp³-hybridized carbons (Fsp3) is 1.00. The zero-order chi connectivity index (χ0) is 8.10. The Balaban J connectivity index is 2.05. The van der Waals surface area contributed by atoms with Crippen molar-refractivity contribution in [3.05, 3.63) is 0 Å². The van der Waals surface area contributed by atoms with Crippen molar-refractivity contribution < 1.29 is 4.74 Å². The van der Waals surface area contributed by atoms with Crippen molar-refractivity contribution in [3.8, 4) is 0 Å². The summed E-state index contributed by atoms with van der Waals surface area (Å²) in [5, 5.41) is 0. The molecule has 0 radical (unpaired) electrons. The Labute approximate surface area is 69.5 Å². The second-order valence-electron chi connectivity index (χ2n) is 3.41. The van der Waals surface area contributed by atoms with E-state index in [4.69, 9.17) is 4.74 Å². The molecule has 0 aromatic carbocycles. The van der Waals surface area contributed by atoms with E-state index in [0.717, 1.165) is 12.6 Å². The van der Waals surface area contributed by atoms with Crippen LogP contribution in [0.3, 0.4) is 0 Å². The molecule has 0 unspecified atom stereocenters. The molecule has 11 heavy (non-hydrogen) atoms. The lowest BCUT2D eigenvalue weighted by atomic mass is 10.1. The maximum Gasteiger partial charge on any atom is 0.0462 e. The van der Waals surface area contributed by atoms with Gasteiger partial charge in [-0.2, -0.15) is 0 Å². The van der Waals surface area contributed by atoms with Gasteiger partial charge in [-0.15, -0.1) is 0 Å². The van der Waals surface area contributed by atoms with Gasteiger partial charge in [-0.05, 0) is 39.3 Å². The average Bonchev–Trinajstić information content (AvgIpc) is 2.37. The van der Waals surface area contributed by atoms with E-state index in [-0.39, 0.29) is 0 Å². The Kier molecular flexibility index (Phi) is 3.87. The van der Waals surface area contributed by atoms with Crippen LogP contribution in [0.15, 0.2) is 0 Å².